The van der Waals surface area contributed by atoms with Crippen molar-refractivity contribution < 1.29 is 13.6 Å². The first-order chi connectivity index (χ1) is 13.5. The number of carbonyl (C=O) groups excluding carboxylic acids is 1. The minimum atomic E-state index is -0.904. The first-order valence-corrected chi connectivity index (χ1v) is 9.36. The molecule has 140 valence electrons. The summed E-state index contributed by atoms with van der Waals surface area (Å²) in [5, 5.41) is 0.446. The SMILES string of the molecule is Cc1cccc2sc(N(Cc3cccnc3)C(=O)c3ccc(F)cc3F)nc12. The lowest BCUT2D eigenvalue weighted by Crippen LogP contribution is -2.31. The summed E-state index contributed by atoms with van der Waals surface area (Å²) in [5.74, 6) is -2.22. The molecule has 1 amide bonds. The van der Waals surface area contributed by atoms with E-state index in [-0.39, 0.29) is 12.1 Å². The van der Waals surface area contributed by atoms with E-state index in [4.69, 9.17) is 0 Å². The standard InChI is InChI=1S/C21H15F2N3OS/c1-13-4-2-6-18-19(13)25-21(28-18)26(12-14-5-3-9-24-11-14)20(27)16-8-7-15(22)10-17(16)23/h2-11H,12H2,1H3. The zero-order chi connectivity index (χ0) is 19.7. The Hall–Kier alpha value is -3.19. The van der Waals surface area contributed by atoms with Gasteiger partial charge < -0.3 is 0 Å². The number of hydrogen-bond donors (Lipinski definition) is 0. The Kier molecular flexibility index (Phi) is 4.83. The zero-order valence-electron chi connectivity index (χ0n) is 14.9. The molecule has 4 aromatic rings. The van der Waals surface area contributed by atoms with Gasteiger partial charge in [-0.25, -0.2) is 13.8 Å². The van der Waals surface area contributed by atoms with E-state index in [1.54, 1.807) is 18.5 Å². The van der Waals surface area contributed by atoms with E-state index in [1.807, 2.05) is 31.2 Å². The molecule has 28 heavy (non-hydrogen) atoms. The van der Waals surface area contributed by atoms with Crippen molar-refractivity contribution in [1.29, 1.82) is 0 Å². The first kappa shape index (κ1) is 18.2. The number of fused-ring (bicyclic) bond motifs is 1. The van der Waals surface area contributed by atoms with Crippen LogP contribution in [-0.2, 0) is 6.54 Å². The number of thiazole rings is 1. The topological polar surface area (TPSA) is 46.1 Å². The van der Waals surface area contributed by atoms with Crippen molar-refractivity contribution in [2.75, 3.05) is 4.90 Å². The largest absolute Gasteiger partial charge is 0.279 e. The number of nitrogens with zero attached hydrogens (tertiary/aromatic N) is 3. The van der Waals surface area contributed by atoms with E-state index in [0.717, 1.165) is 33.5 Å². The Morgan fingerprint density at radius 2 is 2.00 bits per heavy atom. The van der Waals surface area contributed by atoms with E-state index >= 15 is 0 Å². The molecular formula is C21H15F2N3OS. The highest BCUT2D eigenvalue weighted by atomic mass is 32.1. The van der Waals surface area contributed by atoms with Crippen LogP contribution >= 0.6 is 11.3 Å². The number of hydrogen-bond acceptors (Lipinski definition) is 4. The molecule has 2 heterocycles. The second-order valence-corrected chi connectivity index (χ2v) is 7.30. The quantitative estimate of drug-likeness (QED) is 0.482. The minimum absolute atomic E-state index is 0.169. The van der Waals surface area contributed by atoms with Crippen LogP contribution in [0.1, 0.15) is 21.5 Å². The second-order valence-electron chi connectivity index (χ2n) is 6.29. The molecule has 0 saturated carbocycles. The van der Waals surface area contributed by atoms with Gasteiger partial charge in [-0.15, -0.1) is 0 Å². The number of benzene rings is 2. The molecule has 0 aliphatic carbocycles. The average Bonchev–Trinajstić information content (AvgIpc) is 3.12. The Morgan fingerprint density at radius 1 is 1.14 bits per heavy atom. The van der Waals surface area contributed by atoms with E-state index < -0.39 is 17.5 Å². The van der Waals surface area contributed by atoms with Crippen LogP contribution in [0.3, 0.4) is 0 Å². The maximum absolute atomic E-state index is 14.3. The summed E-state index contributed by atoms with van der Waals surface area (Å²) in [5.41, 5.74) is 2.35. The molecule has 0 aliphatic heterocycles. The Morgan fingerprint density at radius 3 is 2.71 bits per heavy atom. The maximum atomic E-state index is 14.3. The molecule has 0 N–H and O–H groups in total. The first-order valence-electron chi connectivity index (χ1n) is 8.55. The van der Waals surface area contributed by atoms with Gasteiger partial charge in [0.2, 0.25) is 0 Å². The Bertz CT molecular complexity index is 1160. The van der Waals surface area contributed by atoms with Gasteiger partial charge >= 0.3 is 0 Å². The predicted octanol–water partition coefficient (Wildman–Crippen LogP) is 5.12. The third-order valence-electron chi connectivity index (χ3n) is 4.31. The highest BCUT2D eigenvalue weighted by Crippen LogP contribution is 2.32. The van der Waals surface area contributed by atoms with Crippen molar-refractivity contribution in [2.45, 2.75) is 13.5 Å². The van der Waals surface area contributed by atoms with Gasteiger partial charge in [-0.2, -0.15) is 0 Å². The Balaban J connectivity index is 1.80. The van der Waals surface area contributed by atoms with Gasteiger partial charge in [-0.05, 0) is 42.3 Å². The molecule has 4 rings (SSSR count). The third kappa shape index (κ3) is 3.48. The lowest BCUT2D eigenvalue weighted by atomic mass is 10.1. The molecule has 2 aromatic heterocycles. The number of aromatic nitrogens is 2. The molecule has 0 fully saturated rings. The summed E-state index contributed by atoms with van der Waals surface area (Å²) in [6.07, 6.45) is 3.27. The number of halogens is 2. The van der Waals surface area contributed by atoms with Crippen LogP contribution in [-0.4, -0.2) is 15.9 Å². The lowest BCUT2D eigenvalue weighted by molar-refractivity contribution is 0.0981. The van der Waals surface area contributed by atoms with Crippen LogP contribution in [0.2, 0.25) is 0 Å². The molecular weight excluding hydrogens is 380 g/mol. The maximum Gasteiger partial charge on any atom is 0.263 e. The van der Waals surface area contributed by atoms with Gasteiger partial charge in [0, 0.05) is 18.5 Å². The highest BCUT2D eigenvalue weighted by Gasteiger charge is 2.24. The summed E-state index contributed by atoms with van der Waals surface area (Å²) in [6.45, 7) is 2.11. The number of anilines is 1. The zero-order valence-corrected chi connectivity index (χ0v) is 15.7. The molecule has 0 unspecified atom stereocenters. The van der Waals surface area contributed by atoms with Crippen LogP contribution in [0.5, 0.6) is 0 Å². The number of para-hydroxylation sites is 1. The second kappa shape index (κ2) is 7.44. The van der Waals surface area contributed by atoms with Gasteiger partial charge in [-0.1, -0.05) is 29.5 Å². The highest BCUT2D eigenvalue weighted by molar-refractivity contribution is 7.22. The smallest absolute Gasteiger partial charge is 0.263 e. The van der Waals surface area contributed by atoms with Crippen molar-refractivity contribution in [1.82, 2.24) is 9.97 Å². The molecule has 2 aromatic carbocycles. The van der Waals surface area contributed by atoms with Gasteiger partial charge in [-0.3, -0.25) is 14.7 Å². The van der Waals surface area contributed by atoms with Crippen LogP contribution in [0.15, 0.2) is 60.9 Å². The minimum Gasteiger partial charge on any atom is -0.279 e. The molecule has 0 aliphatic rings. The third-order valence-corrected chi connectivity index (χ3v) is 5.35. The molecule has 0 atom stereocenters. The molecule has 0 radical (unpaired) electrons. The fraction of sp³-hybridized carbons (Fsp3) is 0.0952. The summed E-state index contributed by atoms with van der Waals surface area (Å²) >= 11 is 1.35. The van der Waals surface area contributed by atoms with Gasteiger partial charge in [0.1, 0.15) is 11.6 Å². The molecule has 0 saturated heterocycles. The molecule has 4 nitrogen and oxygen atoms in total. The number of amides is 1. The van der Waals surface area contributed by atoms with E-state index in [2.05, 4.69) is 9.97 Å². The normalized spacial score (nSPS) is 11.0. The summed E-state index contributed by atoms with van der Waals surface area (Å²) in [7, 11) is 0. The number of aryl methyl sites for hydroxylation is 1. The van der Waals surface area contributed by atoms with E-state index in [9.17, 15) is 13.6 Å². The van der Waals surface area contributed by atoms with E-state index in [0.29, 0.717) is 11.2 Å². The fourth-order valence-electron chi connectivity index (χ4n) is 2.90. The monoisotopic (exact) mass is 395 g/mol. The van der Waals surface area contributed by atoms with Crippen LogP contribution in [0, 0.1) is 18.6 Å². The van der Waals surface area contributed by atoms with Gasteiger partial charge in [0.25, 0.3) is 5.91 Å². The summed E-state index contributed by atoms with van der Waals surface area (Å²) < 4.78 is 28.5. The van der Waals surface area contributed by atoms with Crippen molar-refractivity contribution in [3.8, 4) is 0 Å². The van der Waals surface area contributed by atoms with Crippen molar-refractivity contribution in [3.05, 3.63) is 89.2 Å². The lowest BCUT2D eigenvalue weighted by Gasteiger charge is -2.20. The van der Waals surface area contributed by atoms with Gasteiger partial charge in [0.05, 0.1) is 22.3 Å². The fourth-order valence-corrected chi connectivity index (χ4v) is 3.94. The number of rotatable bonds is 4. The number of carbonyl (C=O) groups is 1. The van der Waals surface area contributed by atoms with Crippen molar-refractivity contribution in [3.63, 3.8) is 0 Å². The molecule has 0 spiro atoms. The van der Waals surface area contributed by atoms with Crippen LogP contribution in [0.4, 0.5) is 13.9 Å². The van der Waals surface area contributed by atoms with Crippen molar-refractivity contribution >= 4 is 32.6 Å². The van der Waals surface area contributed by atoms with E-state index in [1.165, 1.54) is 16.2 Å². The molecule has 0 bridgehead atoms. The predicted molar refractivity (Wildman–Crippen MR) is 105 cm³/mol. The van der Waals surface area contributed by atoms with Crippen molar-refractivity contribution in [2.24, 2.45) is 0 Å². The Labute approximate surface area is 164 Å². The number of pyridine rings is 1. The molecule has 7 heteroatoms. The van der Waals surface area contributed by atoms with Crippen LogP contribution < -0.4 is 4.90 Å². The summed E-state index contributed by atoms with van der Waals surface area (Å²) in [6, 6.07) is 12.3. The van der Waals surface area contributed by atoms with Gasteiger partial charge in [0.15, 0.2) is 5.13 Å². The van der Waals surface area contributed by atoms with Crippen LogP contribution in [0.25, 0.3) is 10.2 Å². The average molecular weight is 395 g/mol. The summed E-state index contributed by atoms with van der Waals surface area (Å²) in [4.78, 5) is 23.2.